The summed E-state index contributed by atoms with van der Waals surface area (Å²) in [4.78, 5) is 10.4. The fourth-order valence-electron chi connectivity index (χ4n) is 1.25. The zero-order valence-corrected chi connectivity index (χ0v) is 8.64. The van der Waals surface area contributed by atoms with Crippen molar-refractivity contribution < 1.29 is 9.90 Å². The number of carboxylic acid groups (broad SMARTS) is 1. The van der Waals surface area contributed by atoms with Crippen molar-refractivity contribution in [3.05, 3.63) is 28.8 Å². The van der Waals surface area contributed by atoms with Crippen LogP contribution in [0.2, 0.25) is 5.02 Å². The molecule has 3 nitrogen and oxygen atoms in total. The van der Waals surface area contributed by atoms with Crippen LogP contribution in [-0.2, 0) is 11.2 Å². The van der Waals surface area contributed by atoms with E-state index in [0.717, 1.165) is 11.3 Å². The molecule has 0 saturated heterocycles. The maximum Gasteiger partial charge on any atom is 0.303 e. The molecule has 1 rings (SSSR count). The Bertz CT molecular complexity index is 339. The minimum absolute atomic E-state index is 0.120. The standard InChI is InChI=1S/C10H12ClNO2/c1-12-9-4-3-8(11)6-7(9)2-5-10(13)14/h3-4,6,12H,2,5H2,1H3,(H,13,14). The molecule has 4 heteroatoms. The van der Waals surface area contributed by atoms with Crippen LogP contribution in [0.5, 0.6) is 0 Å². The van der Waals surface area contributed by atoms with Gasteiger partial charge in [0.2, 0.25) is 0 Å². The third-order valence-corrected chi connectivity index (χ3v) is 2.18. The molecule has 76 valence electrons. The fourth-order valence-corrected chi connectivity index (χ4v) is 1.45. The molecule has 0 aromatic heterocycles. The maximum atomic E-state index is 10.4. The number of hydrogen-bond donors (Lipinski definition) is 2. The number of halogens is 1. The van der Waals surface area contributed by atoms with Crippen LogP contribution in [0.15, 0.2) is 18.2 Å². The molecule has 0 atom stereocenters. The Kier molecular flexibility index (Phi) is 3.77. The van der Waals surface area contributed by atoms with Gasteiger partial charge in [-0.1, -0.05) is 11.6 Å². The van der Waals surface area contributed by atoms with Gasteiger partial charge in [0.05, 0.1) is 0 Å². The van der Waals surface area contributed by atoms with Crippen molar-refractivity contribution in [2.75, 3.05) is 12.4 Å². The lowest BCUT2D eigenvalue weighted by Crippen LogP contribution is -2.00. The third kappa shape index (κ3) is 2.92. The number of carboxylic acids is 1. The Balaban J connectivity index is 2.82. The summed E-state index contributed by atoms with van der Waals surface area (Å²) in [5.74, 6) is -0.799. The second-order valence-corrected chi connectivity index (χ2v) is 3.38. The third-order valence-electron chi connectivity index (χ3n) is 1.94. The van der Waals surface area contributed by atoms with Gasteiger partial charge in [-0.25, -0.2) is 0 Å². The molecule has 0 aliphatic rings. The predicted octanol–water partition coefficient (Wildman–Crippen LogP) is 2.40. The van der Waals surface area contributed by atoms with Crippen LogP contribution in [0.3, 0.4) is 0 Å². The van der Waals surface area contributed by atoms with Gasteiger partial charge >= 0.3 is 5.97 Å². The first-order valence-corrected chi connectivity index (χ1v) is 4.69. The van der Waals surface area contributed by atoms with Gasteiger partial charge in [0, 0.05) is 24.2 Å². The molecule has 2 N–H and O–H groups in total. The fraction of sp³-hybridized carbons (Fsp3) is 0.300. The molecule has 0 bridgehead atoms. The molecule has 0 aliphatic carbocycles. The number of aryl methyl sites for hydroxylation is 1. The van der Waals surface area contributed by atoms with E-state index in [-0.39, 0.29) is 6.42 Å². The van der Waals surface area contributed by atoms with Crippen LogP contribution in [0.1, 0.15) is 12.0 Å². The lowest BCUT2D eigenvalue weighted by atomic mass is 10.1. The molecular weight excluding hydrogens is 202 g/mol. The van der Waals surface area contributed by atoms with E-state index in [9.17, 15) is 4.79 Å². The summed E-state index contributed by atoms with van der Waals surface area (Å²) in [6, 6.07) is 5.41. The molecule has 0 fully saturated rings. The quantitative estimate of drug-likeness (QED) is 0.808. The molecule has 14 heavy (non-hydrogen) atoms. The maximum absolute atomic E-state index is 10.4. The van der Waals surface area contributed by atoms with Gasteiger partial charge < -0.3 is 10.4 Å². The van der Waals surface area contributed by atoms with E-state index in [2.05, 4.69) is 5.32 Å². The van der Waals surface area contributed by atoms with Crippen molar-refractivity contribution >= 4 is 23.3 Å². The van der Waals surface area contributed by atoms with Crippen LogP contribution < -0.4 is 5.32 Å². The number of nitrogens with one attached hydrogen (secondary N) is 1. The van der Waals surface area contributed by atoms with Gasteiger partial charge in [-0.15, -0.1) is 0 Å². The van der Waals surface area contributed by atoms with Gasteiger partial charge in [-0.05, 0) is 30.2 Å². The largest absolute Gasteiger partial charge is 0.481 e. The summed E-state index contributed by atoms with van der Waals surface area (Å²) in [6.07, 6.45) is 0.612. The number of hydrogen-bond acceptors (Lipinski definition) is 2. The zero-order chi connectivity index (χ0) is 10.6. The summed E-state index contributed by atoms with van der Waals surface area (Å²) >= 11 is 5.81. The van der Waals surface area contributed by atoms with Crippen molar-refractivity contribution in [3.63, 3.8) is 0 Å². The molecule has 1 aromatic rings. The first-order chi connectivity index (χ1) is 6.63. The highest BCUT2D eigenvalue weighted by molar-refractivity contribution is 6.30. The topological polar surface area (TPSA) is 49.3 Å². The molecule has 0 amide bonds. The van der Waals surface area contributed by atoms with Crippen LogP contribution in [0.25, 0.3) is 0 Å². The number of benzene rings is 1. The highest BCUT2D eigenvalue weighted by Gasteiger charge is 2.04. The van der Waals surface area contributed by atoms with E-state index in [1.54, 1.807) is 19.2 Å². The summed E-state index contributed by atoms with van der Waals surface area (Å²) in [6.45, 7) is 0. The molecule has 0 radical (unpaired) electrons. The first-order valence-electron chi connectivity index (χ1n) is 4.31. The number of anilines is 1. The number of carbonyl (C=O) groups is 1. The minimum Gasteiger partial charge on any atom is -0.481 e. The van der Waals surface area contributed by atoms with Gasteiger partial charge in [0.1, 0.15) is 0 Å². The SMILES string of the molecule is CNc1ccc(Cl)cc1CCC(=O)O. The summed E-state index contributed by atoms with van der Waals surface area (Å²) in [7, 11) is 1.80. The lowest BCUT2D eigenvalue weighted by Gasteiger charge is -2.08. The number of rotatable bonds is 4. The molecule has 0 spiro atoms. The van der Waals surface area contributed by atoms with Gasteiger partial charge in [0.25, 0.3) is 0 Å². The number of aliphatic carboxylic acids is 1. The Labute approximate surface area is 87.7 Å². The average molecular weight is 214 g/mol. The van der Waals surface area contributed by atoms with Crippen LogP contribution in [0.4, 0.5) is 5.69 Å². The second kappa shape index (κ2) is 4.86. The monoisotopic (exact) mass is 213 g/mol. The van der Waals surface area contributed by atoms with Crippen LogP contribution in [0, 0.1) is 0 Å². The van der Waals surface area contributed by atoms with Crippen molar-refractivity contribution in [2.45, 2.75) is 12.8 Å². The van der Waals surface area contributed by atoms with E-state index in [1.165, 1.54) is 0 Å². The van der Waals surface area contributed by atoms with E-state index in [1.807, 2.05) is 6.07 Å². The van der Waals surface area contributed by atoms with Crippen molar-refractivity contribution in [1.82, 2.24) is 0 Å². The van der Waals surface area contributed by atoms with Gasteiger partial charge in [0.15, 0.2) is 0 Å². The van der Waals surface area contributed by atoms with E-state index < -0.39 is 5.97 Å². The van der Waals surface area contributed by atoms with E-state index in [0.29, 0.717) is 11.4 Å². The highest BCUT2D eigenvalue weighted by Crippen LogP contribution is 2.21. The molecule has 0 unspecified atom stereocenters. The smallest absolute Gasteiger partial charge is 0.303 e. The van der Waals surface area contributed by atoms with Gasteiger partial charge in [-0.2, -0.15) is 0 Å². The van der Waals surface area contributed by atoms with E-state index >= 15 is 0 Å². The molecule has 1 aromatic carbocycles. The average Bonchev–Trinajstić information content (AvgIpc) is 2.15. The summed E-state index contributed by atoms with van der Waals surface area (Å²) in [5.41, 5.74) is 1.86. The second-order valence-electron chi connectivity index (χ2n) is 2.95. The molecular formula is C10H12ClNO2. The summed E-state index contributed by atoms with van der Waals surface area (Å²) < 4.78 is 0. The normalized spacial score (nSPS) is 9.86. The first kappa shape index (κ1) is 10.9. The predicted molar refractivity (Wildman–Crippen MR) is 57.0 cm³/mol. The molecule has 0 saturated carbocycles. The van der Waals surface area contributed by atoms with Gasteiger partial charge in [-0.3, -0.25) is 4.79 Å². The van der Waals surface area contributed by atoms with Crippen LogP contribution >= 0.6 is 11.6 Å². The van der Waals surface area contributed by atoms with Crippen molar-refractivity contribution in [2.24, 2.45) is 0 Å². The van der Waals surface area contributed by atoms with E-state index in [4.69, 9.17) is 16.7 Å². The lowest BCUT2D eigenvalue weighted by molar-refractivity contribution is -0.136. The molecule has 0 heterocycles. The Hall–Kier alpha value is -1.22. The molecule has 0 aliphatic heterocycles. The Morgan fingerprint density at radius 1 is 1.57 bits per heavy atom. The Morgan fingerprint density at radius 3 is 2.86 bits per heavy atom. The highest BCUT2D eigenvalue weighted by atomic mass is 35.5. The van der Waals surface area contributed by atoms with Crippen molar-refractivity contribution in [3.8, 4) is 0 Å². The Morgan fingerprint density at radius 2 is 2.29 bits per heavy atom. The van der Waals surface area contributed by atoms with Crippen LogP contribution in [-0.4, -0.2) is 18.1 Å². The summed E-state index contributed by atoms with van der Waals surface area (Å²) in [5, 5.41) is 12.2. The zero-order valence-electron chi connectivity index (χ0n) is 7.88. The van der Waals surface area contributed by atoms with Crippen molar-refractivity contribution in [1.29, 1.82) is 0 Å². The minimum atomic E-state index is -0.799.